The van der Waals surface area contributed by atoms with Gasteiger partial charge in [0.2, 0.25) is 5.91 Å². The molecule has 116 valence electrons. The summed E-state index contributed by atoms with van der Waals surface area (Å²) in [6.45, 7) is 2.36. The van der Waals surface area contributed by atoms with Crippen LogP contribution in [0.5, 0.6) is 0 Å². The van der Waals surface area contributed by atoms with E-state index in [2.05, 4.69) is 15.5 Å². The SMILES string of the molecule is Cc1nnnn1C(Cc1ccc(F)cc1)C(=O)N1CC(O)C1. The molecule has 1 atom stereocenters. The molecule has 22 heavy (non-hydrogen) atoms. The van der Waals surface area contributed by atoms with Crippen molar-refractivity contribution in [3.63, 3.8) is 0 Å². The number of aliphatic hydroxyl groups excluding tert-OH is 1. The first-order valence-corrected chi connectivity index (χ1v) is 7.00. The molecule has 1 aromatic carbocycles. The summed E-state index contributed by atoms with van der Waals surface area (Å²) >= 11 is 0. The van der Waals surface area contributed by atoms with Crippen molar-refractivity contribution in [2.45, 2.75) is 25.5 Å². The van der Waals surface area contributed by atoms with Gasteiger partial charge in [0.15, 0.2) is 0 Å². The summed E-state index contributed by atoms with van der Waals surface area (Å²) in [5, 5.41) is 20.7. The minimum absolute atomic E-state index is 0.148. The third kappa shape index (κ3) is 2.82. The second-order valence-corrected chi connectivity index (χ2v) is 5.41. The van der Waals surface area contributed by atoms with Gasteiger partial charge in [-0.05, 0) is 35.0 Å². The number of aromatic nitrogens is 4. The lowest BCUT2D eigenvalue weighted by Crippen LogP contribution is -2.55. The molecular weight excluding hydrogens is 289 g/mol. The number of nitrogens with zero attached hydrogens (tertiary/aromatic N) is 5. The normalized spacial score (nSPS) is 16.4. The number of β-amino-alcohol motifs (C(OH)–C–C–N with tert-alkyl or cyclic N) is 1. The van der Waals surface area contributed by atoms with Gasteiger partial charge in [0.05, 0.1) is 6.10 Å². The molecule has 0 aliphatic carbocycles. The summed E-state index contributed by atoms with van der Waals surface area (Å²) in [7, 11) is 0. The standard InChI is InChI=1S/C14H16FN5O2/c1-9-16-17-18-20(9)13(14(22)19-7-12(21)8-19)6-10-2-4-11(15)5-3-10/h2-5,12-13,21H,6-8H2,1H3. The maximum Gasteiger partial charge on any atom is 0.248 e. The summed E-state index contributed by atoms with van der Waals surface area (Å²) in [6.07, 6.45) is -0.109. The summed E-state index contributed by atoms with van der Waals surface area (Å²) in [4.78, 5) is 14.2. The topological polar surface area (TPSA) is 84.1 Å². The lowest BCUT2D eigenvalue weighted by Gasteiger charge is -2.38. The van der Waals surface area contributed by atoms with Gasteiger partial charge in [0, 0.05) is 19.5 Å². The molecule has 7 nitrogen and oxygen atoms in total. The van der Waals surface area contributed by atoms with Crippen molar-refractivity contribution < 1.29 is 14.3 Å². The Kier molecular flexibility index (Phi) is 3.84. The van der Waals surface area contributed by atoms with E-state index in [1.54, 1.807) is 24.0 Å². The van der Waals surface area contributed by atoms with Crippen LogP contribution in [0.4, 0.5) is 4.39 Å². The molecule has 2 heterocycles. The monoisotopic (exact) mass is 305 g/mol. The molecule has 0 radical (unpaired) electrons. The second-order valence-electron chi connectivity index (χ2n) is 5.41. The maximum atomic E-state index is 13.0. The average molecular weight is 305 g/mol. The van der Waals surface area contributed by atoms with Gasteiger partial charge >= 0.3 is 0 Å². The van der Waals surface area contributed by atoms with E-state index in [0.717, 1.165) is 5.56 Å². The summed E-state index contributed by atoms with van der Waals surface area (Å²) in [5.41, 5.74) is 0.815. The molecule has 8 heteroatoms. The lowest BCUT2D eigenvalue weighted by molar-refractivity contribution is -0.145. The Morgan fingerprint density at radius 1 is 1.41 bits per heavy atom. The second kappa shape index (κ2) is 5.80. The highest BCUT2D eigenvalue weighted by Gasteiger charge is 2.35. The van der Waals surface area contributed by atoms with Gasteiger partial charge in [-0.25, -0.2) is 9.07 Å². The number of carbonyl (C=O) groups is 1. The van der Waals surface area contributed by atoms with Crippen LogP contribution in [0.3, 0.4) is 0 Å². The molecule has 1 fully saturated rings. The van der Waals surface area contributed by atoms with Crippen molar-refractivity contribution in [1.29, 1.82) is 0 Å². The molecule has 1 aliphatic heterocycles. The Balaban J connectivity index is 1.84. The zero-order valence-electron chi connectivity index (χ0n) is 12.1. The number of benzene rings is 1. The van der Waals surface area contributed by atoms with Gasteiger partial charge in [-0.15, -0.1) is 5.10 Å². The number of tetrazole rings is 1. The van der Waals surface area contributed by atoms with Crippen LogP contribution in [0.2, 0.25) is 0 Å². The quantitative estimate of drug-likeness (QED) is 0.866. The summed E-state index contributed by atoms with van der Waals surface area (Å²) in [6, 6.07) is 5.39. The smallest absolute Gasteiger partial charge is 0.248 e. The summed E-state index contributed by atoms with van der Waals surface area (Å²) in [5.74, 6) is 0.0580. The molecule has 1 saturated heterocycles. The zero-order chi connectivity index (χ0) is 15.7. The van der Waals surface area contributed by atoms with Crippen molar-refractivity contribution in [2.24, 2.45) is 0 Å². The minimum atomic E-state index is -0.604. The van der Waals surface area contributed by atoms with Crippen LogP contribution in [-0.4, -0.2) is 55.3 Å². The molecule has 0 saturated carbocycles. The van der Waals surface area contributed by atoms with Crippen molar-refractivity contribution >= 4 is 5.91 Å². The predicted octanol–water partition coefficient (Wildman–Crippen LogP) is 0.108. The number of carbonyl (C=O) groups excluding carboxylic acids is 1. The molecular formula is C14H16FN5O2. The van der Waals surface area contributed by atoms with E-state index in [0.29, 0.717) is 25.3 Å². The fourth-order valence-corrected chi connectivity index (χ4v) is 2.49. The van der Waals surface area contributed by atoms with Crippen molar-refractivity contribution in [3.05, 3.63) is 41.5 Å². The van der Waals surface area contributed by atoms with Gasteiger partial charge in [-0.3, -0.25) is 4.79 Å². The van der Waals surface area contributed by atoms with E-state index in [1.807, 2.05) is 0 Å². The first-order valence-electron chi connectivity index (χ1n) is 7.00. The highest BCUT2D eigenvalue weighted by atomic mass is 19.1. The highest BCUT2D eigenvalue weighted by Crippen LogP contribution is 2.21. The van der Waals surface area contributed by atoms with Crippen LogP contribution in [0.25, 0.3) is 0 Å². The molecule has 3 rings (SSSR count). The number of amides is 1. The third-order valence-corrected chi connectivity index (χ3v) is 3.75. The number of hydrogen-bond acceptors (Lipinski definition) is 5. The number of rotatable bonds is 4. The van der Waals surface area contributed by atoms with E-state index in [4.69, 9.17) is 0 Å². The van der Waals surface area contributed by atoms with Gasteiger partial charge in [0.1, 0.15) is 17.7 Å². The van der Waals surface area contributed by atoms with E-state index >= 15 is 0 Å². The molecule has 1 aromatic heterocycles. The van der Waals surface area contributed by atoms with Gasteiger partial charge in [-0.1, -0.05) is 12.1 Å². The Labute approximate surface area is 126 Å². The van der Waals surface area contributed by atoms with Crippen LogP contribution in [0, 0.1) is 12.7 Å². The van der Waals surface area contributed by atoms with Crippen molar-refractivity contribution in [2.75, 3.05) is 13.1 Å². The Bertz CT molecular complexity index is 666. The van der Waals surface area contributed by atoms with E-state index in [1.165, 1.54) is 16.8 Å². The molecule has 0 spiro atoms. The maximum absolute atomic E-state index is 13.0. The van der Waals surface area contributed by atoms with Gasteiger partial charge in [0.25, 0.3) is 0 Å². The van der Waals surface area contributed by atoms with Crippen LogP contribution >= 0.6 is 0 Å². The van der Waals surface area contributed by atoms with Crippen LogP contribution in [0.15, 0.2) is 24.3 Å². The Morgan fingerprint density at radius 2 is 2.09 bits per heavy atom. The van der Waals surface area contributed by atoms with E-state index < -0.39 is 12.1 Å². The number of aryl methyl sites for hydroxylation is 1. The number of halogens is 1. The van der Waals surface area contributed by atoms with Crippen LogP contribution < -0.4 is 0 Å². The molecule has 1 N–H and O–H groups in total. The fourth-order valence-electron chi connectivity index (χ4n) is 2.49. The van der Waals surface area contributed by atoms with Crippen LogP contribution in [0.1, 0.15) is 17.4 Å². The molecule has 1 aliphatic rings. The lowest BCUT2D eigenvalue weighted by atomic mass is 10.0. The molecule has 2 aromatic rings. The predicted molar refractivity (Wildman–Crippen MR) is 74.3 cm³/mol. The zero-order valence-corrected chi connectivity index (χ0v) is 12.1. The van der Waals surface area contributed by atoms with Crippen LogP contribution in [-0.2, 0) is 11.2 Å². The largest absolute Gasteiger partial charge is 0.389 e. The number of aliphatic hydroxyl groups is 1. The Morgan fingerprint density at radius 3 is 2.64 bits per heavy atom. The molecule has 1 amide bonds. The van der Waals surface area contributed by atoms with Crippen molar-refractivity contribution in [3.8, 4) is 0 Å². The fraction of sp³-hybridized carbons (Fsp3) is 0.429. The first kappa shape index (κ1) is 14.6. The summed E-state index contributed by atoms with van der Waals surface area (Å²) < 4.78 is 14.5. The van der Waals surface area contributed by atoms with E-state index in [9.17, 15) is 14.3 Å². The third-order valence-electron chi connectivity index (χ3n) is 3.75. The molecule has 0 bridgehead atoms. The highest BCUT2D eigenvalue weighted by molar-refractivity contribution is 5.81. The van der Waals surface area contributed by atoms with E-state index in [-0.39, 0.29) is 11.7 Å². The molecule has 1 unspecified atom stereocenters. The number of hydrogen-bond donors (Lipinski definition) is 1. The van der Waals surface area contributed by atoms with Crippen molar-refractivity contribution in [1.82, 2.24) is 25.1 Å². The van der Waals surface area contributed by atoms with Gasteiger partial charge in [-0.2, -0.15) is 0 Å². The minimum Gasteiger partial charge on any atom is -0.389 e. The number of likely N-dealkylation sites (tertiary alicyclic amines) is 1. The average Bonchev–Trinajstić information content (AvgIpc) is 2.89. The van der Waals surface area contributed by atoms with Gasteiger partial charge < -0.3 is 10.0 Å². The first-order chi connectivity index (χ1) is 10.5. The Hall–Kier alpha value is -2.35.